The number of carbonyl (C=O) groups is 4. The number of benzene rings is 1. The van der Waals surface area contributed by atoms with E-state index in [9.17, 15) is 19.2 Å². The highest BCUT2D eigenvalue weighted by Crippen LogP contribution is 2.34. The lowest BCUT2D eigenvalue weighted by atomic mass is 9.87. The number of aryl methyl sites for hydroxylation is 2. The van der Waals surface area contributed by atoms with Crippen LogP contribution in [0.3, 0.4) is 0 Å². The lowest BCUT2D eigenvalue weighted by Crippen LogP contribution is -2.70. The van der Waals surface area contributed by atoms with Crippen LogP contribution in [0, 0.1) is 6.92 Å². The highest BCUT2D eigenvalue weighted by atomic mass is 32.1. The van der Waals surface area contributed by atoms with E-state index in [-0.39, 0.29) is 35.7 Å². The summed E-state index contributed by atoms with van der Waals surface area (Å²) in [6, 6.07) is 15.5. The maximum Gasteiger partial charge on any atom is 0.264 e. The maximum atomic E-state index is 13.2. The second-order valence-electron chi connectivity index (χ2n) is 13.5. The number of piperazine rings is 1. The minimum atomic E-state index is -0.0811. The topological polar surface area (TPSA) is 115 Å². The summed E-state index contributed by atoms with van der Waals surface area (Å²) in [5.41, 5.74) is 3.34. The number of fused-ring (bicyclic) bond motifs is 2. The summed E-state index contributed by atoms with van der Waals surface area (Å²) in [6.07, 6.45) is 12.1. The minimum absolute atomic E-state index is 0.0130. The number of nitrogens with one attached hydrogen (secondary N) is 2. The average Bonchev–Trinajstić information content (AvgIpc) is 3.59. The normalized spacial score (nSPS) is 16.8. The van der Waals surface area contributed by atoms with Gasteiger partial charge in [0.1, 0.15) is 0 Å². The first-order valence-corrected chi connectivity index (χ1v) is 18.6. The van der Waals surface area contributed by atoms with Crippen molar-refractivity contribution in [2.45, 2.75) is 70.4 Å². The van der Waals surface area contributed by atoms with Gasteiger partial charge in [-0.25, -0.2) is 0 Å². The van der Waals surface area contributed by atoms with Crippen LogP contribution in [-0.4, -0.2) is 102 Å². The predicted octanol–water partition coefficient (Wildman–Crippen LogP) is 5.09. The molecule has 266 valence electrons. The number of amides is 4. The van der Waals surface area contributed by atoms with Crippen molar-refractivity contribution in [2.24, 2.45) is 0 Å². The van der Waals surface area contributed by atoms with Crippen LogP contribution in [0.15, 0.2) is 66.9 Å². The number of aromatic nitrogens is 1. The maximum absolute atomic E-state index is 13.2. The van der Waals surface area contributed by atoms with E-state index in [2.05, 4.69) is 15.6 Å². The van der Waals surface area contributed by atoms with Crippen LogP contribution in [0.4, 0.5) is 0 Å². The van der Waals surface area contributed by atoms with Gasteiger partial charge in [0.2, 0.25) is 11.8 Å². The summed E-state index contributed by atoms with van der Waals surface area (Å²) in [7, 11) is 3.93. The third-order valence-corrected chi connectivity index (χ3v) is 10.5. The Kier molecular flexibility index (Phi) is 13.3. The summed E-state index contributed by atoms with van der Waals surface area (Å²) in [5, 5.41) is 6.08. The van der Waals surface area contributed by atoms with Crippen molar-refractivity contribution in [2.75, 3.05) is 46.8 Å². The predicted molar refractivity (Wildman–Crippen MR) is 198 cm³/mol. The SMILES string of the molecule is Cc1cccnc1-c1ccccc1C(=O)NCCCCCCCNC(=O)CCc1ccc(C(=O)N2CC3CC(C2)N3C(=O)C=CCN(C)C)s1. The van der Waals surface area contributed by atoms with E-state index in [1.807, 2.05) is 90.3 Å². The molecule has 11 heteroatoms. The molecule has 50 heavy (non-hydrogen) atoms. The van der Waals surface area contributed by atoms with Crippen molar-refractivity contribution in [1.82, 2.24) is 30.3 Å². The molecular weight excluding hydrogens is 649 g/mol. The van der Waals surface area contributed by atoms with E-state index >= 15 is 0 Å². The Morgan fingerprint density at radius 2 is 1.64 bits per heavy atom. The van der Waals surface area contributed by atoms with Crippen LogP contribution in [-0.2, 0) is 16.0 Å². The molecule has 3 aliphatic rings. The molecule has 2 atom stereocenters. The fourth-order valence-corrected chi connectivity index (χ4v) is 7.63. The first-order valence-electron chi connectivity index (χ1n) is 17.8. The van der Waals surface area contributed by atoms with Crippen molar-refractivity contribution in [3.63, 3.8) is 0 Å². The Bertz CT molecular complexity index is 1660. The van der Waals surface area contributed by atoms with Gasteiger partial charge in [-0.2, -0.15) is 0 Å². The zero-order valence-corrected chi connectivity index (χ0v) is 30.3. The Balaban J connectivity index is 0.913. The smallest absolute Gasteiger partial charge is 0.264 e. The van der Waals surface area contributed by atoms with Crippen LogP contribution in [0.2, 0.25) is 0 Å². The number of piperidine rings is 1. The van der Waals surface area contributed by atoms with E-state index in [0.29, 0.717) is 49.5 Å². The van der Waals surface area contributed by atoms with E-state index in [1.54, 1.807) is 12.3 Å². The van der Waals surface area contributed by atoms with Crippen LogP contribution >= 0.6 is 11.3 Å². The second-order valence-corrected chi connectivity index (χ2v) is 14.7. The Hall–Kier alpha value is -4.35. The van der Waals surface area contributed by atoms with Crippen molar-refractivity contribution in [1.29, 1.82) is 0 Å². The number of nitrogens with zero attached hydrogens (tertiary/aromatic N) is 4. The molecular formula is C39H50N6O4S. The first-order chi connectivity index (χ1) is 24.2. The zero-order valence-electron chi connectivity index (χ0n) is 29.5. The van der Waals surface area contributed by atoms with Gasteiger partial charge in [0.05, 0.1) is 22.7 Å². The van der Waals surface area contributed by atoms with Gasteiger partial charge in [0.15, 0.2) is 0 Å². The lowest BCUT2D eigenvalue weighted by molar-refractivity contribution is -0.146. The fraction of sp³-hybridized carbons (Fsp3) is 0.462. The molecule has 2 unspecified atom stereocenters. The van der Waals surface area contributed by atoms with Crippen LogP contribution < -0.4 is 10.6 Å². The van der Waals surface area contributed by atoms with Crippen LogP contribution in [0.25, 0.3) is 11.3 Å². The minimum Gasteiger partial charge on any atom is -0.356 e. The van der Waals surface area contributed by atoms with E-state index in [4.69, 9.17) is 0 Å². The number of carbonyl (C=O) groups excluding carboxylic acids is 4. The molecule has 0 spiro atoms. The standard InChI is InChI=1S/C39H50N6O4S/c1-28-13-11-23-41-37(28)32-14-7-8-15-33(32)38(48)42-22-10-6-4-5-9-21-40-35(46)20-18-31-17-19-34(50-31)39(49)44-26-29-25-30(27-44)45(29)36(47)16-12-24-43(2)3/h7-8,11-17,19,23,29-30H,4-6,9-10,18,20-22,24-27H2,1-3H3,(H,40,46)(H,42,48). The highest BCUT2D eigenvalue weighted by Gasteiger charge is 2.47. The quantitative estimate of drug-likeness (QED) is 0.150. The summed E-state index contributed by atoms with van der Waals surface area (Å²) >= 11 is 1.46. The molecule has 5 heterocycles. The molecule has 2 aromatic heterocycles. The van der Waals surface area contributed by atoms with Gasteiger partial charge in [0, 0.05) is 67.4 Å². The molecule has 6 rings (SSSR count). The molecule has 2 N–H and O–H groups in total. The molecule has 3 aliphatic heterocycles. The molecule has 3 aromatic rings. The summed E-state index contributed by atoms with van der Waals surface area (Å²) in [5.74, 6) is -0.0120. The van der Waals surface area contributed by atoms with Gasteiger partial charge >= 0.3 is 0 Å². The van der Waals surface area contributed by atoms with Crippen molar-refractivity contribution >= 4 is 35.0 Å². The fourth-order valence-electron chi connectivity index (χ4n) is 6.65. The first kappa shape index (κ1) is 36.9. The van der Waals surface area contributed by atoms with Crippen molar-refractivity contribution in [3.05, 3.63) is 87.8 Å². The highest BCUT2D eigenvalue weighted by molar-refractivity contribution is 7.14. The number of pyridine rings is 1. The number of thiophene rings is 1. The molecule has 2 bridgehead atoms. The largest absolute Gasteiger partial charge is 0.356 e. The third kappa shape index (κ3) is 9.88. The number of unbranched alkanes of at least 4 members (excludes halogenated alkanes) is 4. The van der Waals surface area contributed by atoms with Crippen molar-refractivity contribution in [3.8, 4) is 11.3 Å². The number of hydrogen-bond donors (Lipinski definition) is 2. The number of hydrogen-bond acceptors (Lipinski definition) is 7. The molecule has 3 saturated heterocycles. The Labute approximate surface area is 299 Å². The number of likely N-dealkylation sites (N-methyl/N-ethyl adjacent to an activating group) is 1. The van der Waals surface area contributed by atoms with Crippen LogP contribution in [0.5, 0.6) is 0 Å². The van der Waals surface area contributed by atoms with E-state index in [1.165, 1.54) is 11.3 Å². The van der Waals surface area contributed by atoms with Crippen molar-refractivity contribution < 1.29 is 19.2 Å². The van der Waals surface area contributed by atoms with Gasteiger partial charge in [0.25, 0.3) is 11.8 Å². The van der Waals surface area contributed by atoms with Gasteiger partial charge in [-0.05, 0) is 76.5 Å². The average molecular weight is 699 g/mol. The Morgan fingerprint density at radius 1 is 0.920 bits per heavy atom. The lowest BCUT2D eigenvalue weighted by Gasteiger charge is -2.55. The summed E-state index contributed by atoms with van der Waals surface area (Å²) in [6.45, 7) is 5.12. The van der Waals surface area contributed by atoms with Crippen LogP contribution in [0.1, 0.15) is 75.4 Å². The third-order valence-electron chi connectivity index (χ3n) is 9.33. The van der Waals surface area contributed by atoms with Gasteiger partial charge in [-0.1, -0.05) is 49.6 Å². The van der Waals surface area contributed by atoms with Gasteiger partial charge < -0.3 is 25.3 Å². The molecule has 0 aliphatic carbocycles. The molecule has 1 aromatic carbocycles. The summed E-state index contributed by atoms with van der Waals surface area (Å²) in [4.78, 5) is 63.2. The second kappa shape index (κ2) is 18.1. The van der Waals surface area contributed by atoms with E-state index in [0.717, 1.165) is 66.8 Å². The molecule has 0 radical (unpaired) electrons. The van der Waals surface area contributed by atoms with Gasteiger partial charge in [-0.3, -0.25) is 24.2 Å². The number of rotatable bonds is 17. The Morgan fingerprint density at radius 3 is 2.38 bits per heavy atom. The molecule has 3 fully saturated rings. The molecule has 4 amide bonds. The monoisotopic (exact) mass is 698 g/mol. The summed E-state index contributed by atoms with van der Waals surface area (Å²) < 4.78 is 0. The zero-order chi connectivity index (χ0) is 35.5. The molecule has 10 nitrogen and oxygen atoms in total. The molecule has 0 saturated carbocycles. The van der Waals surface area contributed by atoms with Gasteiger partial charge in [-0.15, -0.1) is 11.3 Å². The van der Waals surface area contributed by atoms with E-state index < -0.39 is 0 Å².